The summed E-state index contributed by atoms with van der Waals surface area (Å²) in [7, 11) is 0. The molecule has 0 atom stereocenters. The summed E-state index contributed by atoms with van der Waals surface area (Å²) in [6, 6.07) is -4.15. The first kappa shape index (κ1) is 10.4. The molecule has 0 aliphatic heterocycles. The zero-order chi connectivity index (χ0) is 10.9. The third kappa shape index (κ3) is 1.78. The van der Waals surface area contributed by atoms with E-state index in [0.29, 0.717) is 0 Å². The second kappa shape index (κ2) is 3.57. The number of carbonyl (C=O) groups is 2. The van der Waals surface area contributed by atoms with Gasteiger partial charge in [0, 0.05) is 0 Å². The van der Waals surface area contributed by atoms with Gasteiger partial charge in [-0.05, 0) is 12.1 Å². The molecule has 14 heavy (non-hydrogen) atoms. The second-order valence-corrected chi connectivity index (χ2v) is 2.36. The third-order valence-electron chi connectivity index (χ3n) is 1.48. The molecule has 0 fully saturated rings. The maximum Gasteiger partial charge on any atom is 0.333 e. The topological polar surface area (TPSA) is 34.1 Å². The van der Waals surface area contributed by atoms with E-state index in [4.69, 9.17) is 0 Å². The lowest BCUT2D eigenvalue weighted by atomic mass is 10.1. The first-order chi connectivity index (χ1) is 6.43. The van der Waals surface area contributed by atoms with Gasteiger partial charge in [-0.1, -0.05) is 0 Å². The van der Waals surface area contributed by atoms with Gasteiger partial charge in [-0.15, -0.1) is 0 Å². The lowest BCUT2D eigenvalue weighted by Gasteiger charge is -2.00. The molecule has 1 aromatic carbocycles. The lowest BCUT2D eigenvalue weighted by Crippen LogP contribution is -2.04. The van der Waals surface area contributed by atoms with Gasteiger partial charge in [0.25, 0.3) is 0 Å². The number of rotatable bonds is 2. The van der Waals surface area contributed by atoms with Crippen LogP contribution < -0.4 is 0 Å². The molecule has 0 aliphatic carbocycles. The highest BCUT2D eigenvalue weighted by Crippen LogP contribution is 2.17. The molecular formula is C8H2F4O2. The largest absolute Gasteiger partial charge is 0.333 e. The minimum absolute atomic E-state index is 0.129. The molecule has 0 N–H and O–H groups in total. The Hall–Kier alpha value is -1.72. The summed E-state index contributed by atoms with van der Waals surface area (Å²) in [4.78, 5) is 20.3. The van der Waals surface area contributed by atoms with Crippen molar-refractivity contribution in [2.45, 2.75) is 0 Å². The fourth-order valence-corrected chi connectivity index (χ4v) is 0.872. The fourth-order valence-electron chi connectivity index (χ4n) is 0.872. The smallest absolute Gasteiger partial charge is 0.255 e. The molecule has 0 saturated heterocycles. The van der Waals surface area contributed by atoms with Crippen molar-refractivity contribution in [2.24, 2.45) is 0 Å². The van der Waals surface area contributed by atoms with Gasteiger partial charge in [0.05, 0.1) is 11.1 Å². The summed E-state index contributed by atoms with van der Waals surface area (Å²) < 4.78 is 49.1. The highest BCUT2D eigenvalue weighted by Gasteiger charge is 2.20. The summed E-state index contributed by atoms with van der Waals surface area (Å²) >= 11 is 0. The fraction of sp³-hybridized carbons (Fsp3) is 0. The molecule has 0 saturated carbocycles. The molecule has 0 aromatic heterocycles. The van der Waals surface area contributed by atoms with E-state index in [-0.39, 0.29) is 12.1 Å². The highest BCUT2D eigenvalue weighted by molar-refractivity contribution is 6.02. The van der Waals surface area contributed by atoms with Crippen LogP contribution in [0.2, 0.25) is 0 Å². The van der Waals surface area contributed by atoms with Gasteiger partial charge in [-0.3, -0.25) is 9.59 Å². The molecule has 0 heterocycles. The Bertz CT molecular complexity index is 375. The normalized spacial score (nSPS) is 10.0. The number of halogens is 4. The minimum Gasteiger partial charge on any atom is -0.255 e. The van der Waals surface area contributed by atoms with Crippen LogP contribution in [0.5, 0.6) is 0 Å². The second-order valence-electron chi connectivity index (χ2n) is 2.36. The minimum atomic E-state index is -2.20. The molecule has 0 spiro atoms. The Balaban J connectivity index is 3.46. The van der Waals surface area contributed by atoms with Gasteiger partial charge in [-0.25, -0.2) is 8.78 Å². The van der Waals surface area contributed by atoms with E-state index in [2.05, 4.69) is 0 Å². The van der Waals surface area contributed by atoms with Crippen molar-refractivity contribution in [3.05, 3.63) is 34.9 Å². The van der Waals surface area contributed by atoms with E-state index >= 15 is 0 Å². The maximum absolute atomic E-state index is 12.5. The molecule has 1 rings (SSSR count). The molecule has 0 amide bonds. The van der Waals surface area contributed by atoms with Crippen molar-refractivity contribution in [3.63, 3.8) is 0 Å². The molecular weight excluding hydrogens is 204 g/mol. The SMILES string of the molecule is O=C(F)c1cc(F)c(F)cc1C(=O)F. The zero-order valence-electron chi connectivity index (χ0n) is 6.48. The van der Waals surface area contributed by atoms with E-state index in [1.54, 1.807) is 0 Å². The van der Waals surface area contributed by atoms with Gasteiger partial charge in [0.15, 0.2) is 11.6 Å². The van der Waals surface area contributed by atoms with E-state index < -0.39 is 34.8 Å². The standard InChI is InChI=1S/C8H2F4O2/c9-5-1-3(7(11)13)4(8(12)14)2-6(5)10/h1-2H. The van der Waals surface area contributed by atoms with Crippen LogP contribution in [0.4, 0.5) is 17.6 Å². The lowest BCUT2D eigenvalue weighted by molar-refractivity contribution is 0.0795. The van der Waals surface area contributed by atoms with Crippen molar-refractivity contribution < 1.29 is 27.2 Å². The Morgan fingerprint density at radius 1 is 0.857 bits per heavy atom. The molecule has 2 nitrogen and oxygen atoms in total. The van der Waals surface area contributed by atoms with Crippen LogP contribution in [-0.2, 0) is 0 Å². The summed E-state index contributed by atoms with van der Waals surface area (Å²) in [6.07, 6.45) is 0. The van der Waals surface area contributed by atoms with Gasteiger partial charge in [0.1, 0.15) is 0 Å². The van der Waals surface area contributed by atoms with Crippen molar-refractivity contribution >= 4 is 12.1 Å². The van der Waals surface area contributed by atoms with Crippen LogP contribution in [0, 0.1) is 11.6 Å². The van der Waals surface area contributed by atoms with Gasteiger partial charge in [-0.2, -0.15) is 8.78 Å². The molecule has 0 aliphatic rings. The van der Waals surface area contributed by atoms with Crippen LogP contribution >= 0.6 is 0 Å². The summed E-state index contributed by atoms with van der Waals surface area (Å²) in [5.41, 5.74) is -2.26. The van der Waals surface area contributed by atoms with E-state index in [0.717, 1.165) is 0 Å². The first-order valence-corrected chi connectivity index (χ1v) is 3.32. The van der Waals surface area contributed by atoms with Crippen molar-refractivity contribution in [2.75, 3.05) is 0 Å². The number of benzene rings is 1. The van der Waals surface area contributed by atoms with Gasteiger partial charge >= 0.3 is 12.1 Å². The Kier molecular flexibility index (Phi) is 2.64. The Morgan fingerprint density at radius 2 is 1.14 bits per heavy atom. The quantitative estimate of drug-likeness (QED) is 0.549. The maximum atomic E-state index is 12.5. The molecule has 1 aromatic rings. The van der Waals surface area contributed by atoms with Crippen LogP contribution in [0.15, 0.2) is 12.1 Å². The van der Waals surface area contributed by atoms with Crippen molar-refractivity contribution in [1.29, 1.82) is 0 Å². The highest BCUT2D eigenvalue weighted by atomic mass is 19.2. The van der Waals surface area contributed by atoms with Crippen LogP contribution in [-0.4, -0.2) is 12.1 Å². The summed E-state index contributed by atoms with van der Waals surface area (Å²) in [5.74, 6) is -3.06. The predicted octanol–water partition coefficient (Wildman–Crippen LogP) is 2.18. The first-order valence-electron chi connectivity index (χ1n) is 3.32. The Labute approximate surface area is 75.1 Å². The molecule has 6 heteroatoms. The Morgan fingerprint density at radius 3 is 1.36 bits per heavy atom. The van der Waals surface area contributed by atoms with E-state index in [1.165, 1.54) is 0 Å². The van der Waals surface area contributed by atoms with Crippen LogP contribution in [0.3, 0.4) is 0 Å². The summed E-state index contributed by atoms with van der Waals surface area (Å²) in [6.45, 7) is 0. The number of carbonyl (C=O) groups excluding carboxylic acids is 2. The molecule has 0 unspecified atom stereocenters. The van der Waals surface area contributed by atoms with Gasteiger partial charge in [0.2, 0.25) is 0 Å². The molecule has 74 valence electrons. The monoisotopic (exact) mass is 206 g/mol. The predicted molar refractivity (Wildman–Crippen MR) is 37.2 cm³/mol. The molecule has 0 radical (unpaired) electrons. The van der Waals surface area contributed by atoms with Crippen molar-refractivity contribution in [1.82, 2.24) is 0 Å². The molecule has 0 bridgehead atoms. The van der Waals surface area contributed by atoms with Gasteiger partial charge < -0.3 is 0 Å². The average molecular weight is 206 g/mol. The van der Waals surface area contributed by atoms with E-state index in [1.807, 2.05) is 0 Å². The average Bonchev–Trinajstić information content (AvgIpc) is 2.08. The van der Waals surface area contributed by atoms with Crippen LogP contribution in [0.25, 0.3) is 0 Å². The van der Waals surface area contributed by atoms with Crippen LogP contribution in [0.1, 0.15) is 20.7 Å². The third-order valence-corrected chi connectivity index (χ3v) is 1.48. The number of hydrogen-bond donors (Lipinski definition) is 0. The number of hydrogen-bond acceptors (Lipinski definition) is 2. The van der Waals surface area contributed by atoms with E-state index in [9.17, 15) is 27.2 Å². The summed E-state index contributed by atoms with van der Waals surface area (Å²) in [5, 5.41) is 0. The zero-order valence-corrected chi connectivity index (χ0v) is 6.48. The van der Waals surface area contributed by atoms with Crippen molar-refractivity contribution in [3.8, 4) is 0 Å².